The summed E-state index contributed by atoms with van der Waals surface area (Å²) in [6, 6.07) is 0. The molecule has 0 radical (unpaired) electrons. The van der Waals surface area contributed by atoms with E-state index in [4.69, 9.17) is 0 Å². The molecule has 0 aliphatic rings. The molecule has 2 nitrogen and oxygen atoms in total. The van der Waals surface area contributed by atoms with Crippen LogP contribution >= 0.6 is 0 Å². The molecule has 0 saturated heterocycles. The number of rotatable bonds is 8. The lowest BCUT2D eigenvalue weighted by molar-refractivity contribution is -0.106. The van der Waals surface area contributed by atoms with E-state index in [2.05, 4.69) is 18.7 Å². The van der Waals surface area contributed by atoms with Crippen LogP contribution in [0.2, 0.25) is 0 Å². The van der Waals surface area contributed by atoms with Crippen molar-refractivity contribution in [1.29, 1.82) is 0 Å². The Morgan fingerprint density at radius 3 is 1.93 bits per heavy atom. The first kappa shape index (κ1) is 13.2. The van der Waals surface area contributed by atoms with E-state index in [9.17, 15) is 4.79 Å². The summed E-state index contributed by atoms with van der Waals surface area (Å²) in [5.41, 5.74) is 0.840. The van der Waals surface area contributed by atoms with E-state index in [0.717, 1.165) is 37.9 Å². The van der Waals surface area contributed by atoms with E-state index in [1.165, 1.54) is 12.8 Å². The Kier molecular flexibility index (Phi) is 8.30. The molecule has 0 saturated carbocycles. The molecule has 0 unspecified atom stereocenters. The fourth-order valence-corrected chi connectivity index (χ4v) is 1.39. The number of aldehydes is 1. The molecule has 0 N–H and O–H groups in total. The van der Waals surface area contributed by atoms with Gasteiger partial charge in [0.15, 0.2) is 6.29 Å². The van der Waals surface area contributed by atoms with Crippen LogP contribution in [0.5, 0.6) is 0 Å². The van der Waals surface area contributed by atoms with Gasteiger partial charge in [-0.25, -0.2) is 0 Å². The van der Waals surface area contributed by atoms with Crippen LogP contribution in [-0.2, 0) is 4.79 Å². The minimum atomic E-state index is 0.840. The summed E-state index contributed by atoms with van der Waals surface area (Å²) < 4.78 is 0. The Labute approximate surface area is 88.0 Å². The molecule has 0 bridgehead atoms. The number of nitrogens with zero attached hydrogens (tertiary/aromatic N) is 1. The van der Waals surface area contributed by atoms with Crippen molar-refractivity contribution in [3.05, 3.63) is 11.8 Å². The molecular formula is C12H23NO. The molecule has 0 aliphatic carbocycles. The Morgan fingerprint density at radius 1 is 1.14 bits per heavy atom. The first-order valence-corrected chi connectivity index (χ1v) is 5.66. The summed E-state index contributed by atoms with van der Waals surface area (Å²) in [4.78, 5) is 13.0. The number of carbonyl (C=O) groups is 1. The second kappa shape index (κ2) is 8.79. The standard InChI is InChI=1S/C12H23NO/c1-4-7-9-13(10-8-5-2)12(6-3)11-14/h6,11H,4-5,7-10H2,1-3H3/b12-6-. The zero-order chi connectivity index (χ0) is 10.8. The Hall–Kier alpha value is -0.790. The third-order valence-corrected chi connectivity index (χ3v) is 2.34. The zero-order valence-corrected chi connectivity index (χ0v) is 9.75. The van der Waals surface area contributed by atoms with Crippen molar-refractivity contribution in [2.24, 2.45) is 0 Å². The largest absolute Gasteiger partial charge is 0.369 e. The third-order valence-electron chi connectivity index (χ3n) is 2.34. The van der Waals surface area contributed by atoms with Crippen LogP contribution in [0, 0.1) is 0 Å². The quantitative estimate of drug-likeness (QED) is 0.440. The van der Waals surface area contributed by atoms with E-state index in [0.29, 0.717) is 0 Å². The number of carbonyl (C=O) groups excluding carboxylic acids is 1. The van der Waals surface area contributed by atoms with Gasteiger partial charge in [-0.2, -0.15) is 0 Å². The fraction of sp³-hybridized carbons (Fsp3) is 0.750. The highest BCUT2D eigenvalue weighted by Gasteiger charge is 2.06. The summed E-state index contributed by atoms with van der Waals surface area (Å²) in [7, 11) is 0. The summed E-state index contributed by atoms with van der Waals surface area (Å²) in [5, 5.41) is 0. The van der Waals surface area contributed by atoms with E-state index < -0.39 is 0 Å². The van der Waals surface area contributed by atoms with Gasteiger partial charge in [-0.1, -0.05) is 32.8 Å². The first-order valence-electron chi connectivity index (χ1n) is 5.66. The van der Waals surface area contributed by atoms with Gasteiger partial charge in [-0.05, 0) is 19.8 Å². The van der Waals surface area contributed by atoms with Crippen LogP contribution in [0.1, 0.15) is 46.5 Å². The minimum Gasteiger partial charge on any atom is -0.369 e. The molecule has 2 heteroatoms. The van der Waals surface area contributed by atoms with Crippen LogP contribution < -0.4 is 0 Å². The van der Waals surface area contributed by atoms with Crippen molar-refractivity contribution in [2.45, 2.75) is 46.5 Å². The van der Waals surface area contributed by atoms with Gasteiger partial charge in [0.2, 0.25) is 0 Å². The lowest BCUT2D eigenvalue weighted by Gasteiger charge is -2.23. The van der Waals surface area contributed by atoms with Gasteiger partial charge in [0.05, 0.1) is 5.70 Å². The highest BCUT2D eigenvalue weighted by Crippen LogP contribution is 2.06. The van der Waals surface area contributed by atoms with E-state index in [1.807, 2.05) is 13.0 Å². The molecule has 0 aromatic heterocycles. The van der Waals surface area contributed by atoms with Crippen LogP contribution in [0.4, 0.5) is 0 Å². The second-order valence-corrected chi connectivity index (χ2v) is 3.53. The summed E-state index contributed by atoms with van der Waals surface area (Å²) in [5.74, 6) is 0. The lowest BCUT2D eigenvalue weighted by atomic mass is 10.2. The highest BCUT2D eigenvalue weighted by molar-refractivity contribution is 5.72. The van der Waals surface area contributed by atoms with Gasteiger partial charge >= 0.3 is 0 Å². The van der Waals surface area contributed by atoms with Crippen molar-refractivity contribution in [1.82, 2.24) is 4.90 Å². The van der Waals surface area contributed by atoms with Gasteiger partial charge in [0, 0.05) is 13.1 Å². The van der Waals surface area contributed by atoms with Crippen molar-refractivity contribution in [3.63, 3.8) is 0 Å². The zero-order valence-electron chi connectivity index (χ0n) is 9.75. The normalized spacial score (nSPS) is 11.5. The van der Waals surface area contributed by atoms with Gasteiger partial charge in [0.1, 0.15) is 0 Å². The Bertz CT molecular complexity index is 167. The molecule has 0 atom stereocenters. The van der Waals surface area contributed by atoms with Gasteiger partial charge < -0.3 is 4.90 Å². The molecule has 0 rings (SSSR count). The minimum absolute atomic E-state index is 0.840. The maximum atomic E-state index is 10.8. The summed E-state index contributed by atoms with van der Waals surface area (Å²) in [6.07, 6.45) is 7.55. The smallest absolute Gasteiger partial charge is 0.165 e. The van der Waals surface area contributed by atoms with E-state index in [1.54, 1.807) is 0 Å². The maximum Gasteiger partial charge on any atom is 0.165 e. The number of allylic oxidation sites excluding steroid dienone is 2. The second-order valence-electron chi connectivity index (χ2n) is 3.53. The van der Waals surface area contributed by atoms with Gasteiger partial charge in [-0.15, -0.1) is 0 Å². The SMILES string of the molecule is C/C=C(/C=O)N(CCCC)CCCC. The Morgan fingerprint density at radius 2 is 1.64 bits per heavy atom. The first-order chi connectivity index (χ1) is 6.79. The van der Waals surface area contributed by atoms with E-state index in [-0.39, 0.29) is 0 Å². The molecule has 0 fully saturated rings. The molecule has 0 aliphatic heterocycles. The highest BCUT2D eigenvalue weighted by atomic mass is 16.1. The topological polar surface area (TPSA) is 20.3 Å². The summed E-state index contributed by atoms with van der Waals surface area (Å²) >= 11 is 0. The molecule has 0 aromatic carbocycles. The molecule has 82 valence electrons. The number of unbranched alkanes of at least 4 members (excludes halogenated alkanes) is 2. The van der Waals surface area contributed by atoms with E-state index >= 15 is 0 Å². The fourth-order valence-electron chi connectivity index (χ4n) is 1.39. The molecule has 0 amide bonds. The molecular weight excluding hydrogens is 174 g/mol. The summed E-state index contributed by atoms with van der Waals surface area (Å²) in [6.45, 7) is 8.29. The van der Waals surface area contributed by atoms with Crippen LogP contribution in [0.3, 0.4) is 0 Å². The molecule has 0 spiro atoms. The van der Waals surface area contributed by atoms with Crippen molar-refractivity contribution in [3.8, 4) is 0 Å². The van der Waals surface area contributed by atoms with Gasteiger partial charge in [-0.3, -0.25) is 4.79 Å². The predicted octanol–water partition coefficient (Wildman–Crippen LogP) is 2.99. The number of hydrogen-bond donors (Lipinski definition) is 0. The average Bonchev–Trinajstić information content (AvgIpc) is 2.22. The molecule has 14 heavy (non-hydrogen) atoms. The maximum absolute atomic E-state index is 10.8. The monoisotopic (exact) mass is 197 g/mol. The predicted molar refractivity (Wildman–Crippen MR) is 61.2 cm³/mol. The molecule has 0 aromatic rings. The lowest BCUT2D eigenvalue weighted by Crippen LogP contribution is -2.26. The average molecular weight is 197 g/mol. The van der Waals surface area contributed by atoms with Crippen molar-refractivity contribution >= 4 is 6.29 Å². The molecule has 0 heterocycles. The Balaban J connectivity index is 4.13. The van der Waals surface area contributed by atoms with Crippen LogP contribution in [0.25, 0.3) is 0 Å². The van der Waals surface area contributed by atoms with Crippen molar-refractivity contribution < 1.29 is 4.79 Å². The van der Waals surface area contributed by atoms with Crippen LogP contribution in [-0.4, -0.2) is 24.3 Å². The number of hydrogen-bond acceptors (Lipinski definition) is 2. The third kappa shape index (κ3) is 5.05. The van der Waals surface area contributed by atoms with Crippen LogP contribution in [0.15, 0.2) is 11.8 Å². The van der Waals surface area contributed by atoms with Gasteiger partial charge in [0.25, 0.3) is 0 Å². The van der Waals surface area contributed by atoms with Crippen molar-refractivity contribution in [2.75, 3.05) is 13.1 Å².